The van der Waals surface area contributed by atoms with Crippen LogP contribution in [0.1, 0.15) is 12.0 Å². The van der Waals surface area contributed by atoms with Crippen molar-refractivity contribution < 1.29 is 18.0 Å². The number of urea groups is 1. The zero-order valence-electron chi connectivity index (χ0n) is 16.3. The maximum atomic E-state index is 13.1. The van der Waals surface area contributed by atoms with E-state index < -0.39 is 17.8 Å². The second-order valence-electron chi connectivity index (χ2n) is 7.12. The van der Waals surface area contributed by atoms with Gasteiger partial charge in [0, 0.05) is 25.7 Å². The van der Waals surface area contributed by atoms with Crippen LogP contribution in [0.5, 0.6) is 0 Å². The van der Waals surface area contributed by atoms with Gasteiger partial charge in [0.25, 0.3) is 0 Å². The second kappa shape index (κ2) is 7.47. The Balaban J connectivity index is 1.75. The van der Waals surface area contributed by atoms with Crippen LogP contribution in [0.4, 0.5) is 29.5 Å². The molecule has 1 fully saturated rings. The number of anilines is 2. The van der Waals surface area contributed by atoms with Crippen LogP contribution in [0.15, 0.2) is 54.0 Å². The fourth-order valence-electron chi connectivity index (χ4n) is 3.86. The SMILES string of the molecule is C=CC(=NC)NC(=O)N1c2nc(-c3cccc(C(F)(F)F)c3)ccc2N2CC[C@H]1C2. The van der Waals surface area contributed by atoms with Crippen molar-refractivity contribution in [3.05, 3.63) is 54.6 Å². The van der Waals surface area contributed by atoms with Gasteiger partial charge in [0.15, 0.2) is 5.82 Å². The molecule has 1 aromatic carbocycles. The molecule has 0 unspecified atom stereocenters. The van der Waals surface area contributed by atoms with Crippen LogP contribution >= 0.6 is 0 Å². The smallest absolute Gasteiger partial charge is 0.366 e. The van der Waals surface area contributed by atoms with E-state index in [0.29, 0.717) is 29.5 Å². The van der Waals surface area contributed by atoms with Crippen molar-refractivity contribution in [3.8, 4) is 11.3 Å². The number of alkyl halides is 3. The molecule has 1 aromatic heterocycles. The Kier molecular flexibility index (Phi) is 4.97. The van der Waals surface area contributed by atoms with E-state index in [1.165, 1.54) is 12.1 Å². The van der Waals surface area contributed by atoms with Crippen molar-refractivity contribution in [2.45, 2.75) is 18.6 Å². The minimum absolute atomic E-state index is 0.0790. The zero-order valence-corrected chi connectivity index (χ0v) is 16.3. The second-order valence-corrected chi connectivity index (χ2v) is 7.12. The Labute approximate surface area is 171 Å². The van der Waals surface area contributed by atoms with Gasteiger partial charge in [-0.1, -0.05) is 18.7 Å². The molecule has 2 bridgehead atoms. The molecule has 2 aliphatic heterocycles. The van der Waals surface area contributed by atoms with Gasteiger partial charge in [0.1, 0.15) is 5.84 Å². The predicted octanol–water partition coefficient (Wildman–Crippen LogP) is 4.09. The number of nitrogens with zero attached hydrogens (tertiary/aromatic N) is 4. The topological polar surface area (TPSA) is 60.8 Å². The summed E-state index contributed by atoms with van der Waals surface area (Å²) in [5.41, 5.74) is 0.743. The summed E-state index contributed by atoms with van der Waals surface area (Å²) in [6.07, 6.45) is -2.23. The fourth-order valence-corrected chi connectivity index (χ4v) is 3.86. The molecule has 1 N–H and O–H groups in total. The van der Waals surface area contributed by atoms with Crippen molar-refractivity contribution in [3.63, 3.8) is 0 Å². The van der Waals surface area contributed by atoms with E-state index in [-0.39, 0.29) is 6.04 Å². The van der Waals surface area contributed by atoms with Gasteiger partial charge in [0.05, 0.1) is 23.0 Å². The summed E-state index contributed by atoms with van der Waals surface area (Å²) < 4.78 is 39.3. The summed E-state index contributed by atoms with van der Waals surface area (Å²) >= 11 is 0. The summed E-state index contributed by atoms with van der Waals surface area (Å²) in [5.74, 6) is 0.756. The number of amides is 2. The number of benzene rings is 1. The molecule has 0 radical (unpaired) electrons. The Hall–Kier alpha value is -3.36. The number of carbonyl (C=O) groups is 1. The first kappa shape index (κ1) is 19.9. The molecule has 1 atom stereocenters. The van der Waals surface area contributed by atoms with Gasteiger partial charge in [-0.15, -0.1) is 0 Å². The van der Waals surface area contributed by atoms with Crippen molar-refractivity contribution in [2.75, 3.05) is 29.9 Å². The molecular formula is C21H20F3N5O. The molecule has 4 rings (SSSR count). The minimum atomic E-state index is -4.44. The number of aliphatic imine (C=N–C) groups is 1. The maximum Gasteiger partial charge on any atom is 0.416 e. The number of halogens is 3. The van der Waals surface area contributed by atoms with E-state index in [9.17, 15) is 18.0 Å². The van der Waals surface area contributed by atoms with Gasteiger partial charge in [0.2, 0.25) is 0 Å². The van der Waals surface area contributed by atoms with E-state index >= 15 is 0 Å². The van der Waals surface area contributed by atoms with E-state index in [0.717, 1.165) is 30.8 Å². The maximum absolute atomic E-state index is 13.1. The number of rotatable bonds is 2. The molecule has 1 saturated heterocycles. The van der Waals surface area contributed by atoms with Crippen LogP contribution in [0.25, 0.3) is 11.3 Å². The summed E-state index contributed by atoms with van der Waals surface area (Å²) in [4.78, 5) is 25.3. The first-order valence-electron chi connectivity index (χ1n) is 9.45. The van der Waals surface area contributed by atoms with Gasteiger partial charge >= 0.3 is 12.2 Å². The Bertz CT molecular complexity index is 1030. The number of carbonyl (C=O) groups excluding carboxylic acids is 1. The first-order chi connectivity index (χ1) is 14.3. The largest absolute Gasteiger partial charge is 0.416 e. The van der Waals surface area contributed by atoms with Gasteiger partial charge in [-0.05, 0) is 36.8 Å². The van der Waals surface area contributed by atoms with E-state index in [4.69, 9.17) is 0 Å². The third-order valence-corrected chi connectivity index (χ3v) is 5.33. The van der Waals surface area contributed by atoms with Crippen LogP contribution in [0.3, 0.4) is 0 Å². The first-order valence-corrected chi connectivity index (χ1v) is 9.45. The fraction of sp³-hybridized carbons (Fsp3) is 0.286. The molecule has 6 nitrogen and oxygen atoms in total. The molecule has 30 heavy (non-hydrogen) atoms. The number of fused-ring (bicyclic) bond motifs is 4. The Morgan fingerprint density at radius 1 is 1.33 bits per heavy atom. The Morgan fingerprint density at radius 2 is 2.13 bits per heavy atom. The van der Waals surface area contributed by atoms with E-state index in [1.54, 1.807) is 24.1 Å². The number of amidine groups is 1. The molecule has 2 aliphatic rings. The summed E-state index contributed by atoms with van der Waals surface area (Å²) in [5, 5.41) is 2.71. The lowest BCUT2D eigenvalue weighted by molar-refractivity contribution is -0.137. The molecular weight excluding hydrogens is 395 g/mol. The number of aromatic nitrogens is 1. The molecule has 156 valence electrons. The van der Waals surface area contributed by atoms with E-state index in [2.05, 4.69) is 26.8 Å². The lowest BCUT2D eigenvalue weighted by Crippen LogP contribution is -2.51. The summed E-state index contributed by atoms with van der Waals surface area (Å²) in [6.45, 7) is 5.08. The van der Waals surface area contributed by atoms with Crippen LogP contribution in [0, 0.1) is 0 Å². The van der Waals surface area contributed by atoms with Gasteiger partial charge in [-0.2, -0.15) is 13.2 Å². The van der Waals surface area contributed by atoms with Crippen LogP contribution in [-0.2, 0) is 6.18 Å². The highest BCUT2D eigenvalue weighted by atomic mass is 19.4. The highest BCUT2D eigenvalue weighted by molar-refractivity contribution is 6.09. The normalized spacial score (nSPS) is 18.3. The van der Waals surface area contributed by atoms with Gasteiger partial charge in [-0.3, -0.25) is 15.2 Å². The number of nitrogens with one attached hydrogen (secondary N) is 1. The molecule has 3 heterocycles. The van der Waals surface area contributed by atoms with Crippen molar-refractivity contribution >= 4 is 23.4 Å². The van der Waals surface area contributed by atoms with Gasteiger partial charge in [-0.25, -0.2) is 9.78 Å². The molecule has 0 saturated carbocycles. The summed E-state index contributed by atoms with van der Waals surface area (Å²) in [7, 11) is 1.54. The van der Waals surface area contributed by atoms with Crippen molar-refractivity contribution in [1.29, 1.82) is 0 Å². The standard InChI is InChI=1S/C21H20F3N5O/c1-3-18(25-2)27-20(30)29-15-9-10-28(12-15)17-8-7-16(26-19(17)29)13-5-4-6-14(11-13)21(22,23)24/h3-8,11,15H,1,9-10,12H2,2H3,(H,25,27,30)/t15-/m0/s1. The van der Waals surface area contributed by atoms with Crippen LogP contribution in [-0.4, -0.2) is 43.0 Å². The minimum Gasteiger partial charge on any atom is -0.366 e. The average Bonchev–Trinajstić information content (AvgIpc) is 3.15. The molecule has 2 aromatic rings. The highest BCUT2D eigenvalue weighted by Gasteiger charge is 2.40. The third kappa shape index (κ3) is 3.51. The van der Waals surface area contributed by atoms with Gasteiger partial charge < -0.3 is 4.90 Å². The predicted molar refractivity (Wildman–Crippen MR) is 110 cm³/mol. The summed E-state index contributed by atoms with van der Waals surface area (Å²) in [6, 6.07) is 8.04. The third-order valence-electron chi connectivity index (χ3n) is 5.33. The lowest BCUT2D eigenvalue weighted by atomic mass is 10.1. The quantitative estimate of drug-likeness (QED) is 0.594. The molecule has 0 spiro atoms. The number of hydrogen-bond donors (Lipinski definition) is 1. The lowest BCUT2D eigenvalue weighted by Gasteiger charge is -2.35. The molecule has 9 heteroatoms. The van der Waals surface area contributed by atoms with Crippen molar-refractivity contribution in [2.24, 2.45) is 4.99 Å². The molecule has 2 amide bonds. The number of pyridine rings is 1. The van der Waals surface area contributed by atoms with E-state index in [1.807, 2.05) is 6.07 Å². The van der Waals surface area contributed by atoms with Crippen LogP contribution in [0.2, 0.25) is 0 Å². The zero-order chi connectivity index (χ0) is 21.5. The highest BCUT2D eigenvalue weighted by Crippen LogP contribution is 2.40. The van der Waals surface area contributed by atoms with Crippen LogP contribution < -0.4 is 15.1 Å². The number of hydrogen-bond acceptors (Lipinski definition) is 4. The monoisotopic (exact) mass is 415 g/mol. The van der Waals surface area contributed by atoms with Crippen molar-refractivity contribution in [1.82, 2.24) is 10.3 Å². The Morgan fingerprint density at radius 3 is 2.83 bits per heavy atom. The average molecular weight is 415 g/mol. The molecule has 0 aliphatic carbocycles.